The lowest BCUT2D eigenvalue weighted by Crippen LogP contribution is -2.06. The Kier molecular flexibility index (Phi) is 8.26. The van der Waals surface area contributed by atoms with E-state index in [1.54, 1.807) is 0 Å². The predicted molar refractivity (Wildman–Crippen MR) is 91.4 cm³/mol. The third-order valence-electron chi connectivity index (χ3n) is 4.70. The molecule has 0 unspecified atom stereocenters. The highest BCUT2D eigenvalue weighted by molar-refractivity contribution is 5.74. The first-order valence-corrected chi connectivity index (χ1v) is 9.00. The third-order valence-corrected chi connectivity index (χ3v) is 4.70. The summed E-state index contributed by atoms with van der Waals surface area (Å²) < 4.78 is 5.79. The molecular weight excluding hydrogens is 272 g/mol. The first kappa shape index (κ1) is 17.2. The Balaban J connectivity index is 1.39. The van der Waals surface area contributed by atoms with Gasteiger partial charge in [-0.1, -0.05) is 56.4 Å². The van der Waals surface area contributed by atoms with Crippen molar-refractivity contribution in [3.05, 3.63) is 35.4 Å². The van der Waals surface area contributed by atoms with Gasteiger partial charge in [-0.25, -0.2) is 0 Å². The molecule has 2 heteroatoms. The maximum atomic E-state index is 10.6. The zero-order valence-corrected chi connectivity index (χ0v) is 13.8. The molecule has 22 heavy (non-hydrogen) atoms. The smallest absolute Gasteiger partial charge is 0.150 e. The Hall–Kier alpha value is -1.15. The van der Waals surface area contributed by atoms with Crippen LogP contribution >= 0.6 is 0 Å². The number of benzene rings is 1. The molecule has 2 rings (SSSR count). The lowest BCUT2D eigenvalue weighted by Gasteiger charge is -2.09. The summed E-state index contributed by atoms with van der Waals surface area (Å²) in [6.45, 7) is 1.94. The van der Waals surface area contributed by atoms with Gasteiger partial charge in [0.05, 0.1) is 0 Å². The molecule has 1 aliphatic rings. The SMILES string of the molecule is O=Cc1ccc(CCCCCCCOCC2CCCC2)cc1. The highest BCUT2D eigenvalue weighted by atomic mass is 16.5. The molecule has 0 radical (unpaired) electrons. The molecule has 1 aliphatic carbocycles. The van der Waals surface area contributed by atoms with E-state index in [0.29, 0.717) is 0 Å². The van der Waals surface area contributed by atoms with Crippen molar-refractivity contribution in [3.8, 4) is 0 Å². The van der Waals surface area contributed by atoms with E-state index in [4.69, 9.17) is 4.74 Å². The lowest BCUT2D eigenvalue weighted by atomic mass is 10.0. The second-order valence-electron chi connectivity index (χ2n) is 6.60. The average molecular weight is 302 g/mol. The number of carbonyl (C=O) groups is 1. The van der Waals surface area contributed by atoms with E-state index in [-0.39, 0.29) is 0 Å². The minimum absolute atomic E-state index is 0.765. The fourth-order valence-electron chi connectivity index (χ4n) is 3.25. The molecular formula is C20H30O2. The van der Waals surface area contributed by atoms with E-state index in [1.807, 2.05) is 12.1 Å². The molecule has 0 spiro atoms. The normalized spacial score (nSPS) is 15.3. The minimum atomic E-state index is 0.765. The molecule has 0 heterocycles. The minimum Gasteiger partial charge on any atom is -0.381 e. The fraction of sp³-hybridized carbons (Fsp3) is 0.650. The van der Waals surface area contributed by atoms with Crippen molar-refractivity contribution in [2.75, 3.05) is 13.2 Å². The van der Waals surface area contributed by atoms with Gasteiger partial charge in [0.15, 0.2) is 0 Å². The third kappa shape index (κ3) is 6.74. The Labute approximate surface area is 135 Å². The first-order valence-electron chi connectivity index (χ1n) is 9.00. The van der Waals surface area contributed by atoms with Crippen LogP contribution in [0.4, 0.5) is 0 Å². The van der Waals surface area contributed by atoms with Crippen LogP contribution in [0.25, 0.3) is 0 Å². The van der Waals surface area contributed by atoms with Crippen LogP contribution in [0.2, 0.25) is 0 Å². The topological polar surface area (TPSA) is 26.3 Å². The predicted octanol–water partition coefficient (Wildman–Crippen LogP) is 5.20. The fourth-order valence-corrected chi connectivity index (χ4v) is 3.25. The largest absolute Gasteiger partial charge is 0.381 e. The average Bonchev–Trinajstić information content (AvgIpc) is 3.07. The van der Waals surface area contributed by atoms with Gasteiger partial charge < -0.3 is 4.74 Å². The monoisotopic (exact) mass is 302 g/mol. The van der Waals surface area contributed by atoms with Gasteiger partial charge in [0.2, 0.25) is 0 Å². The first-order chi connectivity index (χ1) is 10.9. The van der Waals surface area contributed by atoms with Gasteiger partial charge in [-0.15, -0.1) is 0 Å². The quantitative estimate of drug-likeness (QED) is 0.415. The summed E-state index contributed by atoms with van der Waals surface area (Å²) >= 11 is 0. The van der Waals surface area contributed by atoms with E-state index in [1.165, 1.54) is 63.4 Å². The molecule has 1 aromatic rings. The summed E-state index contributed by atoms with van der Waals surface area (Å²) in [6.07, 6.45) is 13.9. The van der Waals surface area contributed by atoms with Crippen molar-refractivity contribution < 1.29 is 9.53 Å². The Bertz CT molecular complexity index is 404. The molecule has 0 N–H and O–H groups in total. The summed E-state index contributed by atoms with van der Waals surface area (Å²) in [5.41, 5.74) is 2.10. The molecule has 1 aromatic carbocycles. The van der Waals surface area contributed by atoms with Crippen LogP contribution in [0, 0.1) is 5.92 Å². The van der Waals surface area contributed by atoms with Gasteiger partial charge in [0, 0.05) is 18.8 Å². The molecule has 122 valence electrons. The van der Waals surface area contributed by atoms with E-state index in [0.717, 1.165) is 37.4 Å². The zero-order chi connectivity index (χ0) is 15.5. The van der Waals surface area contributed by atoms with Gasteiger partial charge in [-0.05, 0) is 43.6 Å². The van der Waals surface area contributed by atoms with E-state index < -0.39 is 0 Å². The molecule has 1 saturated carbocycles. The summed E-state index contributed by atoms with van der Waals surface area (Å²) in [4.78, 5) is 10.6. The molecule has 0 aromatic heterocycles. The molecule has 0 aliphatic heterocycles. The number of carbonyl (C=O) groups excluding carboxylic acids is 1. The molecule has 2 nitrogen and oxygen atoms in total. The van der Waals surface area contributed by atoms with E-state index in [9.17, 15) is 4.79 Å². The van der Waals surface area contributed by atoms with Crippen molar-refractivity contribution in [2.45, 2.75) is 64.2 Å². The van der Waals surface area contributed by atoms with Crippen molar-refractivity contribution in [2.24, 2.45) is 5.92 Å². The van der Waals surface area contributed by atoms with Gasteiger partial charge in [-0.2, -0.15) is 0 Å². The number of hydrogen-bond acceptors (Lipinski definition) is 2. The second-order valence-corrected chi connectivity index (χ2v) is 6.60. The lowest BCUT2D eigenvalue weighted by molar-refractivity contribution is 0.0978. The summed E-state index contributed by atoms with van der Waals surface area (Å²) in [5.74, 6) is 0.852. The Morgan fingerprint density at radius 2 is 1.64 bits per heavy atom. The number of rotatable bonds is 11. The van der Waals surface area contributed by atoms with Crippen LogP contribution in [-0.2, 0) is 11.2 Å². The van der Waals surface area contributed by atoms with Crippen molar-refractivity contribution in [1.29, 1.82) is 0 Å². The summed E-state index contributed by atoms with van der Waals surface area (Å²) in [7, 11) is 0. The van der Waals surface area contributed by atoms with Crippen LogP contribution in [0.1, 0.15) is 73.7 Å². The molecule has 0 amide bonds. The van der Waals surface area contributed by atoms with Crippen molar-refractivity contribution in [1.82, 2.24) is 0 Å². The van der Waals surface area contributed by atoms with Crippen LogP contribution in [0.3, 0.4) is 0 Å². The highest BCUT2D eigenvalue weighted by Crippen LogP contribution is 2.24. The maximum absolute atomic E-state index is 10.6. The zero-order valence-electron chi connectivity index (χ0n) is 13.8. The number of hydrogen-bond donors (Lipinski definition) is 0. The second kappa shape index (κ2) is 10.6. The van der Waals surface area contributed by atoms with E-state index in [2.05, 4.69) is 12.1 Å². The van der Waals surface area contributed by atoms with Crippen LogP contribution < -0.4 is 0 Å². The summed E-state index contributed by atoms with van der Waals surface area (Å²) in [5, 5.41) is 0. The van der Waals surface area contributed by atoms with Crippen LogP contribution in [0.5, 0.6) is 0 Å². The van der Waals surface area contributed by atoms with Crippen LogP contribution in [0.15, 0.2) is 24.3 Å². The Morgan fingerprint density at radius 1 is 0.955 bits per heavy atom. The van der Waals surface area contributed by atoms with Crippen LogP contribution in [-0.4, -0.2) is 19.5 Å². The molecule has 0 saturated heterocycles. The van der Waals surface area contributed by atoms with Gasteiger partial charge in [0.25, 0.3) is 0 Å². The van der Waals surface area contributed by atoms with Crippen molar-refractivity contribution >= 4 is 6.29 Å². The van der Waals surface area contributed by atoms with Gasteiger partial charge >= 0.3 is 0 Å². The molecule has 1 fully saturated rings. The van der Waals surface area contributed by atoms with Gasteiger partial charge in [-0.3, -0.25) is 4.79 Å². The van der Waals surface area contributed by atoms with Gasteiger partial charge in [0.1, 0.15) is 6.29 Å². The Morgan fingerprint density at radius 3 is 2.36 bits per heavy atom. The molecule has 0 bridgehead atoms. The van der Waals surface area contributed by atoms with E-state index >= 15 is 0 Å². The number of unbranched alkanes of at least 4 members (excludes halogenated alkanes) is 4. The number of ether oxygens (including phenoxy) is 1. The highest BCUT2D eigenvalue weighted by Gasteiger charge is 2.14. The maximum Gasteiger partial charge on any atom is 0.150 e. The number of aryl methyl sites for hydroxylation is 1. The molecule has 0 atom stereocenters. The summed E-state index contributed by atoms with van der Waals surface area (Å²) in [6, 6.07) is 7.95. The standard InChI is InChI=1S/C20H30O2/c21-16-19-13-11-18(12-14-19)8-4-2-1-3-7-15-22-17-20-9-5-6-10-20/h11-14,16,20H,1-10,15,17H2. The van der Waals surface area contributed by atoms with Crippen molar-refractivity contribution in [3.63, 3.8) is 0 Å². The number of aldehydes is 1.